The average Bonchev–Trinajstić information content (AvgIpc) is 2.81. The van der Waals surface area contributed by atoms with Gasteiger partial charge in [-0.3, -0.25) is 0 Å². The van der Waals surface area contributed by atoms with Gasteiger partial charge in [-0.15, -0.1) is 0 Å². The maximum absolute atomic E-state index is 2.13. The third-order valence-corrected chi connectivity index (χ3v) is 4.36. The van der Waals surface area contributed by atoms with E-state index in [1.165, 1.54) is 22.3 Å². The van der Waals surface area contributed by atoms with Crippen molar-refractivity contribution in [1.29, 1.82) is 0 Å². The zero-order chi connectivity index (χ0) is 20.7. The maximum atomic E-state index is 2.13. The molecule has 0 heterocycles. The molecule has 0 unspecified atom stereocenters. The van der Waals surface area contributed by atoms with Gasteiger partial charge in [0.15, 0.2) is 0 Å². The average molecular weight is 387 g/mol. The minimum Gasteiger partial charge on any atom is -0.0622 e. The lowest BCUT2D eigenvalue weighted by Gasteiger charge is -1.95. The van der Waals surface area contributed by atoms with E-state index in [1.54, 1.807) is 0 Å². The Kier molecular flexibility index (Phi) is 8.70. The van der Waals surface area contributed by atoms with Gasteiger partial charge in [-0.05, 0) is 22.3 Å². The molecule has 0 aliphatic heterocycles. The molecule has 146 valence electrons. The van der Waals surface area contributed by atoms with E-state index in [1.807, 2.05) is 60.7 Å². The second-order valence-corrected chi connectivity index (χ2v) is 6.69. The van der Waals surface area contributed by atoms with E-state index in [0.29, 0.717) is 0 Å². The summed E-state index contributed by atoms with van der Waals surface area (Å²) in [6.45, 7) is 0. The molecule has 0 atom stereocenters. The molecule has 0 heteroatoms. The lowest BCUT2D eigenvalue weighted by molar-refractivity contribution is 1.62. The lowest BCUT2D eigenvalue weighted by atomic mass is 10.1. The lowest BCUT2D eigenvalue weighted by Crippen LogP contribution is -1.73. The van der Waals surface area contributed by atoms with Crippen LogP contribution in [0.3, 0.4) is 0 Å². The van der Waals surface area contributed by atoms with Crippen LogP contribution < -0.4 is 0 Å². The highest BCUT2D eigenvalue weighted by molar-refractivity contribution is 5.58. The molecule has 0 aromatic heterocycles. The van der Waals surface area contributed by atoms with Crippen molar-refractivity contribution >= 4 is 24.3 Å². The van der Waals surface area contributed by atoms with E-state index in [0.717, 1.165) is 0 Å². The van der Waals surface area contributed by atoms with E-state index in [-0.39, 0.29) is 0 Å². The summed E-state index contributed by atoms with van der Waals surface area (Å²) >= 11 is 0. The number of hydrogen-bond acceptors (Lipinski definition) is 0. The molecule has 0 nitrogen and oxygen atoms in total. The summed E-state index contributed by atoms with van der Waals surface area (Å²) in [4.78, 5) is 0. The first-order valence-corrected chi connectivity index (χ1v) is 10.1. The zero-order valence-electron chi connectivity index (χ0n) is 17.0. The van der Waals surface area contributed by atoms with Crippen molar-refractivity contribution in [1.82, 2.24) is 0 Å². The van der Waals surface area contributed by atoms with Crippen LogP contribution in [0.25, 0.3) is 24.3 Å². The highest BCUT2D eigenvalue weighted by Crippen LogP contribution is 2.08. The summed E-state index contributed by atoms with van der Waals surface area (Å²) in [5, 5.41) is 0. The van der Waals surface area contributed by atoms with Crippen LogP contribution in [0, 0.1) is 0 Å². The number of benzene rings is 3. The summed E-state index contributed by atoms with van der Waals surface area (Å²) in [6, 6.07) is 29.1. The van der Waals surface area contributed by atoms with Crippen LogP contribution in [-0.2, 0) is 0 Å². The molecule has 0 spiro atoms. The van der Waals surface area contributed by atoms with Crippen LogP contribution in [0.4, 0.5) is 0 Å². The van der Waals surface area contributed by atoms with E-state index >= 15 is 0 Å². The molecule has 3 aromatic carbocycles. The Balaban J connectivity index is 1.44. The minimum atomic E-state index is 1.19. The molecule has 0 saturated carbocycles. The number of hydrogen-bond donors (Lipinski definition) is 0. The van der Waals surface area contributed by atoms with Gasteiger partial charge in [0.2, 0.25) is 0 Å². The van der Waals surface area contributed by atoms with E-state index < -0.39 is 0 Å². The molecule has 0 amide bonds. The van der Waals surface area contributed by atoms with Gasteiger partial charge >= 0.3 is 0 Å². The fourth-order valence-corrected chi connectivity index (χ4v) is 2.77. The summed E-state index contributed by atoms with van der Waals surface area (Å²) in [5.41, 5.74) is 4.78. The van der Waals surface area contributed by atoms with Crippen molar-refractivity contribution in [2.45, 2.75) is 0 Å². The Morgan fingerprint density at radius 2 is 0.533 bits per heavy atom. The summed E-state index contributed by atoms with van der Waals surface area (Å²) in [5.74, 6) is 0. The zero-order valence-corrected chi connectivity index (χ0v) is 17.0. The second-order valence-electron chi connectivity index (χ2n) is 6.69. The van der Waals surface area contributed by atoms with Crippen LogP contribution >= 0.6 is 0 Å². The van der Waals surface area contributed by atoms with Crippen molar-refractivity contribution in [3.63, 3.8) is 0 Å². The standard InChI is InChI=1S/C30H26/c1(7-15-27-17-11-5-12-18-27)3-9-21-29-23-25-30(26-24-29)22-10-4-2-8-16-28-19-13-6-14-20-28/h1-26H/b3-1+,4-2+,15-7+,16-8+,21-9+,22-10+. The highest BCUT2D eigenvalue weighted by Gasteiger charge is 1.87. The monoisotopic (exact) mass is 386 g/mol. The van der Waals surface area contributed by atoms with Gasteiger partial charge in [-0.1, -0.05) is 158 Å². The Morgan fingerprint density at radius 1 is 0.267 bits per heavy atom. The third kappa shape index (κ3) is 8.00. The molecule has 0 aliphatic rings. The molecular formula is C30H26. The Morgan fingerprint density at radius 3 is 0.833 bits per heavy atom. The van der Waals surface area contributed by atoms with Gasteiger partial charge < -0.3 is 0 Å². The molecule has 0 aliphatic carbocycles. The predicted octanol–water partition coefficient (Wildman–Crippen LogP) is 8.25. The summed E-state index contributed by atoms with van der Waals surface area (Å²) in [7, 11) is 0. The number of rotatable bonds is 8. The Labute approximate surface area is 180 Å². The largest absolute Gasteiger partial charge is 0.0622 e. The number of allylic oxidation sites excluding steroid dienone is 8. The molecule has 0 fully saturated rings. The smallest absolute Gasteiger partial charge is 0.0256 e. The molecule has 0 saturated heterocycles. The molecule has 3 aromatic rings. The first-order chi connectivity index (χ1) is 14.9. The van der Waals surface area contributed by atoms with E-state index in [4.69, 9.17) is 0 Å². The maximum Gasteiger partial charge on any atom is -0.0256 e. The van der Waals surface area contributed by atoms with Crippen LogP contribution in [0.5, 0.6) is 0 Å². The molecule has 0 N–H and O–H groups in total. The van der Waals surface area contributed by atoms with Crippen molar-refractivity contribution < 1.29 is 0 Å². The molecular weight excluding hydrogens is 360 g/mol. The van der Waals surface area contributed by atoms with Crippen molar-refractivity contribution in [2.24, 2.45) is 0 Å². The Hall–Kier alpha value is -3.90. The Bertz CT molecular complexity index is 954. The fourth-order valence-electron chi connectivity index (χ4n) is 2.77. The fraction of sp³-hybridized carbons (Fsp3) is 0. The van der Waals surface area contributed by atoms with E-state index in [9.17, 15) is 0 Å². The van der Waals surface area contributed by atoms with Gasteiger partial charge in [0.25, 0.3) is 0 Å². The van der Waals surface area contributed by atoms with Crippen molar-refractivity contribution in [3.8, 4) is 0 Å². The van der Waals surface area contributed by atoms with Gasteiger partial charge in [0.05, 0.1) is 0 Å². The molecule has 3 rings (SSSR count). The van der Waals surface area contributed by atoms with Gasteiger partial charge in [0, 0.05) is 0 Å². The van der Waals surface area contributed by atoms with Crippen molar-refractivity contribution in [2.75, 3.05) is 0 Å². The first kappa shape index (κ1) is 20.8. The van der Waals surface area contributed by atoms with E-state index in [2.05, 4.69) is 97.1 Å². The summed E-state index contributed by atoms with van der Waals surface area (Å²) in [6.07, 6.45) is 24.8. The van der Waals surface area contributed by atoms with Crippen LogP contribution in [0.2, 0.25) is 0 Å². The van der Waals surface area contributed by atoms with Gasteiger partial charge in [-0.2, -0.15) is 0 Å². The quantitative estimate of drug-likeness (QED) is 0.342. The highest BCUT2D eigenvalue weighted by atomic mass is 13.9. The predicted molar refractivity (Wildman–Crippen MR) is 134 cm³/mol. The molecule has 30 heavy (non-hydrogen) atoms. The second kappa shape index (κ2) is 12.5. The minimum absolute atomic E-state index is 1.19. The van der Waals surface area contributed by atoms with Gasteiger partial charge in [0.1, 0.15) is 0 Å². The first-order valence-electron chi connectivity index (χ1n) is 10.1. The third-order valence-electron chi connectivity index (χ3n) is 4.36. The normalized spacial score (nSPS) is 12.5. The van der Waals surface area contributed by atoms with Gasteiger partial charge in [-0.25, -0.2) is 0 Å². The molecule has 0 radical (unpaired) electrons. The molecule has 0 bridgehead atoms. The van der Waals surface area contributed by atoms with Crippen molar-refractivity contribution in [3.05, 3.63) is 156 Å². The topological polar surface area (TPSA) is 0 Å². The van der Waals surface area contributed by atoms with Crippen LogP contribution in [0.15, 0.2) is 134 Å². The van der Waals surface area contributed by atoms with Crippen LogP contribution in [0.1, 0.15) is 22.3 Å². The SMILES string of the molecule is C(=C\C=C\c1ccc(/C=C/C=C/C=C/c2ccccc2)cc1)/C=C/c1ccccc1. The van der Waals surface area contributed by atoms with Crippen LogP contribution in [-0.4, -0.2) is 0 Å². The summed E-state index contributed by atoms with van der Waals surface area (Å²) < 4.78 is 0.